The maximum Gasteiger partial charge on any atom is 0.161 e. The van der Waals surface area contributed by atoms with Gasteiger partial charge in [-0.3, -0.25) is 9.80 Å². The summed E-state index contributed by atoms with van der Waals surface area (Å²) in [5.41, 5.74) is 1.22. The van der Waals surface area contributed by atoms with Crippen LogP contribution in [0.2, 0.25) is 0 Å². The molecule has 2 saturated heterocycles. The van der Waals surface area contributed by atoms with Gasteiger partial charge in [-0.2, -0.15) is 0 Å². The van der Waals surface area contributed by atoms with Gasteiger partial charge in [0.05, 0.1) is 25.4 Å². The van der Waals surface area contributed by atoms with Crippen molar-refractivity contribution in [1.82, 2.24) is 9.80 Å². The van der Waals surface area contributed by atoms with Crippen LogP contribution < -0.4 is 9.47 Å². The third-order valence-corrected chi connectivity index (χ3v) is 5.25. The fourth-order valence-electron chi connectivity index (χ4n) is 3.78. The van der Waals surface area contributed by atoms with Crippen LogP contribution in [0.15, 0.2) is 18.2 Å². The molecular weight excluding hydrogens is 324 g/mol. The molecule has 1 aromatic rings. The molecule has 0 radical (unpaired) electrons. The van der Waals surface area contributed by atoms with Gasteiger partial charge in [0, 0.05) is 32.7 Å². The van der Waals surface area contributed by atoms with Gasteiger partial charge in [0.25, 0.3) is 0 Å². The Labute approximate surface area is 147 Å². The van der Waals surface area contributed by atoms with Gasteiger partial charge in [-0.25, -0.2) is 0 Å². The van der Waals surface area contributed by atoms with Crippen molar-refractivity contribution < 1.29 is 24.4 Å². The highest BCUT2D eigenvalue weighted by molar-refractivity contribution is 5.43. The van der Waals surface area contributed by atoms with Crippen molar-refractivity contribution in [2.45, 2.75) is 24.8 Å². The van der Waals surface area contributed by atoms with Gasteiger partial charge < -0.3 is 24.4 Å². The van der Waals surface area contributed by atoms with E-state index in [0.29, 0.717) is 19.8 Å². The maximum absolute atomic E-state index is 10.2. The smallest absolute Gasteiger partial charge is 0.161 e. The first-order valence-electron chi connectivity index (χ1n) is 8.99. The highest BCUT2D eigenvalue weighted by atomic mass is 16.6. The van der Waals surface area contributed by atoms with Gasteiger partial charge in [-0.15, -0.1) is 0 Å². The summed E-state index contributed by atoms with van der Waals surface area (Å²) in [6.45, 7) is 6.37. The molecule has 0 bridgehead atoms. The summed E-state index contributed by atoms with van der Waals surface area (Å²) in [4.78, 5) is 4.63. The van der Waals surface area contributed by atoms with Crippen LogP contribution in [0.1, 0.15) is 5.56 Å². The largest absolute Gasteiger partial charge is 0.486 e. The van der Waals surface area contributed by atoms with Crippen molar-refractivity contribution in [3.8, 4) is 11.5 Å². The Kier molecular flexibility index (Phi) is 5.10. The molecular formula is C18H26N2O5. The van der Waals surface area contributed by atoms with E-state index in [0.717, 1.165) is 44.2 Å². The van der Waals surface area contributed by atoms with Crippen LogP contribution in [0.25, 0.3) is 0 Å². The van der Waals surface area contributed by atoms with Crippen molar-refractivity contribution in [1.29, 1.82) is 0 Å². The molecule has 3 atom stereocenters. The van der Waals surface area contributed by atoms with Crippen LogP contribution >= 0.6 is 0 Å². The predicted molar refractivity (Wildman–Crippen MR) is 90.9 cm³/mol. The number of hydrogen-bond donors (Lipinski definition) is 2. The van der Waals surface area contributed by atoms with E-state index in [1.165, 1.54) is 5.56 Å². The Hall–Kier alpha value is -1.38. The number of rotatable bonds is 3. The maximum atomic E-state index is 10.2. The first-order chi connectivity index (χ1) is 12.2. The fraction of sp³-hybridized carbons (Fsp3) is 0.667. The summed E-state index contributed by atoms with van der Waals surface area (Å²) in [5.74, 6) is 1.66. The lowest BCUT2D eigenvalue weighted by Crippen LogP contribution is -2.60. The van der Waals surface area contributed by atoms with E-state index in [-0.39, 0.29) is 12.6 Å². The number of aliphatic hydroxyl groups is 2. The minimum absolute atomic E-state index is 0.111. The van der Waals surface area contributed by atoms with Gasteiger partial charge in [-0.1, -0.05) is 6.07 Å². The zero-order valence-electron chi connectivity index (χ0n) is 14.3. The van der Waals surface area contributed by atoms with Crippen LogP contribution in [-0.2, 0) is 11.3 Å². The van der Waals surface area contributed by atoms with Crippen molar-refractivity contribution in [2.24, 2.45) is 0 Å². The molecule has 0 spiro atoms. The fourth-order valence-corrected chi connectivity index (χ4v) is 3.78. The Balaban J connectivity index is 1.32. The highest BCUT2D eigenvalue weighted by Gasteiger charge is 2.36. The van der Waals surface area contributed by atoms with E-state index < -0.39 is 12.2 Å². The summed E-state index contributed by atoms with van der Waals surface area (Å²) < 4.78 is 16.6. The molecule has 3 aliphatic rings. The predicted octanol–water partition coefficient (Wildman–Crippen LogP) is -0.304. The lowest BCUT2D eigenvalue weighted by molar-refractivity contribution is -0.137. The lowest BCUT2D eigenvalue weighted by atomic mass is 10.0. The molecule has 2 fully saturated rings. The molecule has 138 valence electrons. The van der Waals surface area contributed by atoms with Crippen molar-refractivity contribution >= 4 is 0 Å². The number of benzene rings is 1. The van der Waals surface area contributed by atoms with Gasteiger partial charge in [0.15, 0.2) is 11.5 Å². The second-order valence-corrected chi connectivity index (χ2v) is 6.95. The molecule has 0 aromatic heterocycles. The van der Waals surface area contributed by atoms with Crippen molar-refractivity contribution in [2.75, 3.05) is 52.6 Å². The van der Waals surface area contributed by atoms with Crippen LogP contribution in [0, 0.1) is 0 Å². The van der Waals surface area contributed by atoms with E-state index in [1.54, 1.807) is 0 Å². The Morgan fingerprint density at radius 3 is 2.52 bits per heavy atom. The molecule has 3 heterocycles. The molecule has 7 heteroatoms. The first kappa shape index (κ1) is 17.1. The van der Waals surface area contributed by atoms with Crippen LogP contribution in [0.4, 0.5) is 0 Å². The van der Waals surface area contributed by atoms with Crippen molar-refractivity contribution in [3.05, 3.63) is 23.8 Å². The van der Waals surface area contributed by atoms with E-state index in [9.17, 15) is 10.2 Å². The number of aliphatic hydroxyl groups excluding tert-OH is 2. The number of fused-ring (bicyclic) bond motifs is 1. The molecule has 7 nitrogen and oxygen atoms in total. The SMILES string of the molecule is O[C@@H]1[C@H](O)COC[C@H]1N1CCN(Cc2ccc3c(c2)OCCO3)CC1. The molecule has 2 N–H and O–H groups in total. The minimum atomic E-state index is -0.783. The number of ether oxygens (including phenoxy) is 3. The van der Waals surface area contributed by atoms with Crippen molar-refractivity contribution in [3.63, 3.8) is 0 Å². The second kappa shape index (κ2) is 7.47. The van der Waals surface area contributed by atoms with Gasteiger partial charge in [-0.05, 0) is 17.7 Å². The summed E-state index contributed by atoms with van der Waals surface area (Å²) in [5, 5.41) is 20.0. The third-order valence-electron chi connectivity index (χ3n) is 5.25. The van der Waals surface area contributed by atoms with E-state index >= 15 is 0 Å². The summed E-state index contributed by atoms with van der Waals surface area (Å²) in [6, 6.07) is 6.03. The van der Waals surface area contributed by atoms with Crippen LogP contribution in [0.5, 0.6) is 11.5 Å². The quantitative estimate of drug-likeness (QED) is 0.775. The minimum Gasteiger partial charge on any atom is -0.486 e. The van der Waals surface area contributed by atoms with E-state index in [1.807, 2.05) is 6.07 Å². The lowest BCUT2D eigenvalue weighted by Gasteiger charge is -2.43. The molecule has 0 aliphatic carbocycles. The first-order valence-corrected chi connectivity index (χ1v) is 8.99. The number of hydrogen-bond acceptors (Lipinski definition) is 7. The Bertz CT molecular complexity index is 591. The van der Waals surface area contributed by atoms with Gasteiger partial charge >= 0.3 is 0 Å². The molecule has 0 unspecified atom stereocenters. The van der Waals surface area contributed by atoms with Gasteiger partial charge in [0.1, 0.15) is 19.3 Å². The monoisotopic (exact) mass is 350 g/mol. The molecule has 0 amide bonds. The molecule has 25 heavy (non-hydrogen) atoms. The number of piperazine rings is 1. The highest BCUT2D eigenvalue weighted by Crippen LogP contribution is 2.31. The second-order valence-electron chi connectivity index (χ2n) is 6.95. The molecule has 0 saturated carbocycles. The standard InChI is InChI=1S/C18H26N2O5/c21-15-12-23-11-14(18(15)22)20-5-3-19(4-6-20)10-13-1-2-16-17(9-13)25-8-7-24-16/h1-2,9,14-15,18,21-22H,3-8,10-12H2/t14-,15-,18+/m1/s1. The topological polar surface area (TPSA) is 74.6 Å². The Morgan fingerprint density at radius 2 is 1.72 bits per heavy atom. The van der Waals surface area contributed by atoms with Crippen LogP contribution in [-0.4, -0.2) is 90.9 Å². The average Bonchev–Trinajstić information content (AvgIpc) is 2.65. The summed E-state index contributed by atoms with van der Waals surface area (Å²) >= 11 is 0. The summed E-state index contributed by atoms with van der Waals surface area (Å²) in [6.07, 6.45) is -1.51. The number of nitrogens with zero attached hydrogens (tertiary/aromatic N) is 2. The molecule has 4 rings (SSSR count). The van der Waals surface area contributed by atoms with Crippen LogP contribution in [0.3, 0.4) is 0 Å². The van der Waals surface area contributed by atoms with Gasteiger partial charge in [0.2, 0.25) is 0 Å². The zero-order valence-corrected chi connectivity index (χ0v) is 14.3. The zero-order chi connectivity index (χ0) is 17.2. The van der Waals surface area contributed by atoms with E-state index in [2.05, 4.69) is 21.9 Å². The van der Waals surface area contributed by atoms with E-state index in [4.69, 9.17) is 14.2 Å². The average molecular weight is 350 g/mol. The normalized spacial score (nSPS) is 31.0. The molecule has 1 aromatic carbocycles. The third kappa shape index (κ3) is 3.75. The Morgan fingerprint density at radius 1 is 0.960 bits per heavy atom. The molecule has 3 aliphatic heterocycles. The summed E-state index contributed by atoms with van der Waals surface area (Å²) in [7, 11) is 0.